The lowest BCUT2D eigenvalue weighted by Crippen LogP contribution is -2.01. The second-order valence-electron chi connectivity index (χ2n) is 4.57. The maximum Gasteiger partial charge on any atom is 0.338 e. The lowest BCUT2D eigenvalue weighted by Gasteiger charge is -2.03. The van der Waals surface area contributed by atoms with Crippen LogP contribution in [0.2, 0.25) is 5.02 Å². The molecule has 1 aromatic heterocycles. The van der Waals surface area contributed by atoms with Crippen LogP contribution in [0.1, 0.15) is 10.4 Å². The fourth-order valence-corrected chi connectivity index (χ4v) is 2.21. The summed E-state index contributed by atoms with van der Waals surface area (Å²) in [5.74, 6) is -1.33. The van der Waals surface area contributed by atoms with Crippen LogP contribution in [0.25, 0.3) is 16.7 Å². The molecule has 0 aliphatic carbocycles. The zero-order chi connectivity index (χ0) is 16.0. The van der Waals surface area contributed by atoms with Crippen LogP contribution >= 0.6 is 11.6 Å². The summed E-state index contributed by atoms with van der Waals surface area (Å²) in [6.07, 6.45) is 0. The number of aromatic hydroxyl groups is 1. The van der Waals surface area contributed by atoms with E-state index in [0.717, 1.165) is 4.80 Å². The summed E-state index contributed by atoms with van der Waals surface area (Å²) in [4.78, 5) is 12.4. The third-order valence-electron chi connectivity index (χ3n) is 3.08. The Balaban J connectivity index is 2.34. The topological polar surface area (TPSA) is 140 Å². The minimum absolute atomic E-state index is 0.0634. The number of nitrogen functional groups attached to an aromatic ring is 2. The number of fused-ring (bicyclic) bond motifs is 1. The summed E-state index contributed by atoms with van der Waals surface area (Å²) in [6.45, 7) is 0. The van der Waals surface area contributed by atoms with Crippen molar-refractivity contribution in [2.75, 3.05) is 11.5 Å². The van der Waals surface area contributed by atoms with E-state index in [1.807, 2.05) is 0 Å². The first kappa shape index (κ1) is 14.0. The predicted octanol–water partition coefficient (Wildman–Crippen LogP) is 1.64. The molecule has 0 radical (unpaired) electrons. The number of nitrogens with zero attached hydrogens (tertiary/aromatic N) is 3. The van der Waals surface area contributed by atoms with Crippen molar-refractivity contribution < 1.29 is 15.0 Å². The highest BCUT2D eigenvalue weighted by atomic mass is 35.5. The number of hydrogen-bond acceptors (Lipinski definition) is 6. The molecule has 22 heavy (non-hydrogen) atoms. The monoisotopic (exact) mass is 319 g/mol. The summed E-state index contributed by atoms with van der Waals surface area (Å²) in [7, 11) is 0. The number of rotatable bonds is 2. The minimum atomic E-state index is -1.21. The Labute approximate surface area is 128 Å². The van der Waals surface area contributed by atoms with Gasteiger partial charge in [0.1, 0.15) is 22.5 Å². The van der Waals surface area contributed by atoms with E-state index in [2.05, 4.69) is 10.2 Å². The number of hydrogen-bond donors (Lipinski definition) is 4. The van der Waals surface area contributed by atoms with Crippen molar-refractivity contribution in [1.29, 1.82) is 0 Å². The normalized spacial score (nSPS) is 11.0. The molecule has 0 amide bonds. The van der Waals surface area contributed by atoms with Gasteiger partial charge in [-0.2, -0.15) is 0 Å². The Hall–Kier alpha value is -3.00. The van der Waals surface area contributed by atoms with Crippen LogP contribution in [-0.2, 0) is 0 Å². The molecule has 1 heterocycles. The zero-order valence-electron chi connectivity index (χ0n) is 11.0. The number of aromatic carboxylic acids is 1. The van der Waals surface area contributed by atoms with E-state index in [-0.39, 0.29) is 38.7 Å². The quantitative estimate of drug-likeness (QED) is 0.415. The van der Waals surface area contributed by atoms with Crippen LogP contribution in [0.15, 0.2) is 24.3 Å². The number of phenols is 1. The molecule has 0 aliphatic rings. The standard InChI is InChI=1S/C13H10ClN5O3/c14-10-7(16)4-6(13(21)22)11-12(10)18-19(17-11)8-3-5(15)1-2-9(8)20/h1-4,20H,15-16H2,(H,21,22). The van der Waals surface area contributed by atoms with E-state index in [9.17, 15) is 15.0 Å². The van der Waals surface area contributed by atoms with Crippen molar-refractivity contribution in [3.63, 3.8) is 0 Å². The average molecular weight is 320 g/mol. The molecule has 0 fully saturated rings. The summed E-state index contributed by atoms with van der Waals surface area (Å²) < 4.78 is 0. The first-order chi connectivity index (χ1) is 10.4. The fourth-order valence-electron chi connectivity index (χ4n) is 2.03. The van der Waals surface area contributed by atoms with Gasteiger partial charge in [-0.1, -0.05) is 11.6 Å². The van der Waals surface area contributed by atoms with Crippen molar-refractivity contribution in [3.05, 3.63) is 34.9 Å². The van der Waals surface area contributed by atoms with E-state index in [1.165, 1.54) is 24.3 Å². The molecule has 8 nitrogen and oxygen atoms in total. The lowest BCUT2D eigenvalue weighted by atomic mass is 10.1. The van der Waals surface area contributed by atoms with Crippen LogP contribution in [0, 0.1) is 0 Å². The van der Waals surface area contributed by atoms with Gasteiger partial charge in [0.2, 0.25) is 0 Å². The van der Waals surface area contributed by atoms with Gasteiger partial charge < -0.3 is 21.7 Å². The molecule has 3 rings (SSSR count). The van der Waals surface area contributed by atoms with Crippen LogP contribution in [-0.4, -0.2) is 31.2 Å². The number of halogens is 1. The predicted molar refractivity (Wildman–Crippen MR) is 81.3 cm³/mol. The van der Waals surface area contributed by atoms with Crippen molar-refractivity contribution in [1.82, 2.24) is 15.0 Å². The van der Waals surface area contributed by atoms with Gasteiger partial charge in [0.15, 0.2) is 0 Å². The van der Waals surface area contributed by atoms with Crippen molar-refractivity contribution in [2.45, 2.75) is 0 Å². The van der Waals surface area contributed by atoms with E-state index in [4.69, 9.17) is 23.1 Å². The Morgan fingerprint density at radius 2 is 1.86 bits per heavy atom. The number of benzene rings is 2. The number of carboxylic acids is 1. The van der Waals surface area contributed by atoms with Crippen LogP contribution in [0.4, 0.5) is 11.4 Å². The van der Waals surface area contributed by atoms with E-state index >= 15 is 0 Å². The zero-order valence-corrected chi connectivity index (χ0v) is 11.7. The maximum absolute atomic E-state index is 11.3. The molecule has 0 bridgehead atoms. The Kier molecular flexibility index (Phi) is 3.03. The van der Waals surface area contributed by atoms with Crippen LogP contribution in [0.5, 0.6) is 5.75 Å². The second-order valence-corrected chi connectivity index (χ2v) is 4.95. The van der Waals surface area contributed by atoms with E-state index in [0.29, 0.717) is 5.69 Å². The highest BCUT2D eigenvalue weighted by Crippen LogP contribution is 2.31. The number of phenolic OH excluding ortho intramolecular Hbond substituents is 1. The van der Waals surface area contributed by atoms with Gasteiger partial charge in [0.25, 0.3) is 0 Å². The number of nitrogens with two attached hydrogens (primary N) is 2. The van der Waals surface area contributed by atoms with Gasteiger partial charge in [-0.15, -0.1) is 15.0 Å². The average Bonchev–Trinajstić information content (AvgIpc) is 2.90. The van der Waals surface area contributed by atoms with Gasteiger partial charge in [0.05, 0.1) is 16.3 Å². The second kappa shape index (κ2) is 4.78. The molecule has 0 saturated heterocycles. The third-order valence-corrected chi connectivity index (χ3v) is 3.47. The molecule has 3 aromatic rings. The first-order valence-corrected chi connectivity index (χ1v) is 6.43. The first-order valence-electron chi connectivity index (χ1n) is 6.05. The molecule has 112 valence electrons. The van der Waals surface area contributed by atoms with Crippen molar-refractivity contribution >= 4 is 40.0 Å². The largest absolute Gasteiger partial charge is 0.506 e. The fraction of sp³-hybridized carbons (Fsp3) is 0. The number of aromatic nitrogens is 3. The molecular formula is C13H10ClN5O3. The summed E-state index contributed by atoms with van der Waals surface area (Å²) in [6, 6.07) is 5.56. The van der Waals surface area contributed by atoms with Gasteiger partial charge in [-0.05, 0) is 24.3 Å². The smallest absolute Gasteiger partial charge is 0.338 e. The molecule has 0 aliphatic heterocycles. The Morgan fingerprint density at radius 1 is 1.18 bits per heavy atom. The van der Waals surface area contributed by atoms with Gasteiger partial charge in [-0.25, -0.2) is 4.79 Å². The lowest BCUT2D eigenvalue weighted by molar-refractivity contribution is 0.0699. The van der Waals surface area contributed by atoms with Gasteiger partial charge >= 0.3 is 5.97 Å². The summed E-state index contributed by atoms with van der Waals surface area (Å²) in [5.41, 5.74) is 12.1. The molecule has 2 aromatic carbocycles. The Morgan fingerprint density at radius 3 is 2.55 bits per heavy atom. The SMILES string of the molecule is Nc1ccc(O)c(-n2nc3c(C(=O)O)cc(N)c(Cl)c3n2)c1. The number of anilines is 2. The molecular weight excluding hydrogens is 310 g/mol. The minimum Gasteiger partial charge on any atom is -0.506 e. The van der Waals surface area contributed by atoms with Crippen molar-refractivity contribution in [3.8, 4) is 11.4 Å². The van der Waals surface area contributed by atoms with Crippen LogP contribution < -0.4 is 11.5 Å². The third kappa shape index (κ3) is 2.06. The summed E-state index contributed by atoms with van der Waals surface area (Å²) >= 11 is 6.05. The summed E-state index contributed by atoms with van der Waals surface area (Å²) in [5, 5.41) is 27.4. The molecule has 9 heteroatoms. The van der Waals surface area contributed by atoms with E-state index < -0.39 is 5.97 Å². The molecule has 0 atom stereocenters. The molecule has 0 saturated carbocycles. The highest BCUT2D eigenvalue weighted by Gasteiger charge is 2.20. The molecule has 0 unspecified atom stereocenters. The number of carbonyl (C=O) groups is 1. The molecule has 0 spiro atoms. The number of carboxylic acid groups (broad SMARTS) is 1. The van der Waals surface area contributed by atoms with E-state index in [1.54, 1.807) is 0 Å². The Bertz CT molecular complexity index is 922. The van der Waals surface area contributed by atoms with Crippen molar-refractivity contribution in [2.24, 2.45) is 0 Å². The van der Waals surface area contributed by atoms with Gasteiger partial charge in [-0.3, -0.25) is 0 Å². The highest BCUT2D eigenvalue weighted by molar-refractivity contribution is 6.38. The van der Waals surface area contributed by atoms with Gasteiger partial charge in [0, 0.05) is 5.69 Å². The molecule has 6 N–H and O–H groups in total. The maximum atomic E-state index is 11.3. The van der Waals surface area contributed by atoms with Crippen LogP contribution in [0.3, 0.4) is 0 Å².